The van der Waals surface area contributed by atoms with E-state index in [1.807, 2.05) is 12.1 Å². The zero-order valence-corrected chi connectivity index (χ0v) is 9.68. The lowest BCUT2D eigenvalue weighted by Crippen LogP contribution is -2.24. The van der Waals surface area contributed by atoms with Crippen molar-refractivity contribution in [1.82, 2.24) is 4.90 Å². The lowest BCUT2D eigenvalue weighted by molar-refractivity contribution is -0.146. The number of hydrogen-bond acceptors (Lipinski definition) is 4. The summed E-state index contributed by atoms with van der Waals surface area (Å²) in [6.07, 6.45) is 1.67. The van der Waals surface area contributed by atoms with Crippen LogP contribution in [0.3, 0.4) is 0 Å². The van der Waals surface area contributed by atoms with Crippen LogP contribution in [0.15, 0.2) is 22.8 Å². The van der Waals surface area contributed by atoms with Crippen LogP contribution < -0.4 is 0 Å². The molecule has 1 aromatic heterocycles. The Balaban J connectivity index is 1.93. The van der Waals surface area contributed by atoms with Gasteiger partial charge < -0.3 is 9.15 Å². The van der Waals surface area contributed by atoms with Gasteiger partial charge in [0, 0.05) is 13.1 Å². The van der Waals surface area contributed by atoms with Crippen molar-refractivity contribution in [1.29, 1.82) is 0 Å². The van der Waals surface area contributed by atoms with Gasteiger partial charge in [0.15, 0.2) is 0 Å². The van der Waals surface area contributed by atoms with Crippen LogP contribution in [-0.2, 0) is 16.1 Å². The molecule has 0 radical (unpaired) electrons. The maximum atomic E-state index is 11.5. The molecule has 0 aromatic carbocycles. The number of rotatable bonds is 3. The minimum absolute atomic E-state index is 0.0000350. The third-order valence-electron chi connectivity index (χ3n) is 3.15. The minimum atomic E-state index is -0.102. The number of carbonyl (C=O) groups excluding carboxylic acids is 1. The first-order valence-electron chi connectivity index (χ1n) is 5.53. The summed E-state index contributed by atoms with van der Waals surface area (Å²) in [5, 5.41) is 0. The molecule has 16 heavy (non-hydrogen) atoms. The Morgan fingerprint density at radius 3 is 3.06 bits per heavy atom. The average Bonchev–Trinajstić information content (AvgIpc) is 2.88. The van der Waals surface area contributed by atoms with Gasteiger partial charge in [-0.2, -0.15) is 0 Å². The van der Waals surface area contributed by atoms with Crippen molar-refractivity contribution in [2.24, 2.45) is 11.8 Å². The van der Waals surface area contributed by atoms with Crippen LogP contribution in [0.25, 0.3) is 0 Å². The minimum Gasteiger partial charge on any atom is -0.469 e. The molecule has 1 fully saturated rings. The van der Waals surface area contributed by atoms with Crippen molar-refractivity contribution >= 4 is 5.97 Å². The summed E-state index contributed by atoms with van der Waals surface area (Å²) in [6.45, 7) is 4.53. The highest BCUT2D eigenvalue weighted by Gasteiger charge is 2.35. The van der Waals surface area contributed by atoms with E-state index in [0.717, 1.165) is 25.4 Å². The second-order valence-corrected chi connectivity index (χ2v) is 4.38. The molecule has 4 heteroatoms. The fourth-order valence-electron chi connectivity index (χ4n) is 2.28. The fourth-order valence-corrected chi connectivity index (χ4v) is 2.28. The first-order valence-corrected chi connectivity index (χ1v) is 5.53. The molecular weight excluding hydrogens is 206 g/mol. The molecule has 4 nitrogen and oxygen atoms in total. The van der Waals surface area contributed by atoms with Crippen LogP contribution in [0, 0.1) is 11.8 Å². The molecule has 2 rings (SSSR count). The van der Waals surface area contributed by atoms with E-state index in [-0.39, 0.29) is 11.9 Å². The third kappa shape index (κ3) is 2.27. The largest absolute Gasteiger partial charge is 0.469 e. The van der Waals surface area contributed by atoms with E-state index < -0.39 is 0 Å². The predicted octanol–water partition coefficient (Wildman–Crippen LogP) is 1.52. The summed E-state index contributed by atoms with van der Waals surface area (Å²) in [7, 11) is 1.45. The standard InChI is InChI=1S/C12H17NO3/c1-9-6-13(7-10-4-3-5-16-10)8-11(9)12(14)15-2/h3-5,9,11H,6-8H2,1-2H3. The second-order valence-electron chi connectivity index (χ2n) is 4.38. The van der Waals surface area contributed by atoms with E-state index in [1.54, 1.807) is 6.26 Å². The molecule has 88 valence electrons. The van der Waals surface area contributed by atoms with Crippen molar-refractivity contribution in [3.63, 3.8) is 0 Å². The Hall–Kier alpha value is -1.29. The molecule has 0 saturated carbocycles. The topological polar surface area (TPSA) is 42.7 Å². The van der Waals surface area contributed by atoms with Crippen LogP contribution in [0.1, 0.15) is 12.7 Å². The van der Waals surface area contributed by atoms with Gasteiger partial charge in [-0.1, -0.05) is 6.92 Å². The van der Waals surface area contributed by atoms with Crippen LogP contribution >= 0.6 is 0 Å². The first-order chi connectivity index (χ1) is 7.70. The SMILES string of the molecule is COC(=O)C1CN(Cc2ccco2)CC1C. The number of ether oxygens (including phenoxy) is 1. The zero-order valence-electron chi connectivity index (χ0n) is 9.68. The molecule has 0 bridgehead atoms. The summed E-state index contributed by atoms with van der Waals surface area (Å²) in [4.78, 5) is 13.7. The third-order valence-corrected chi connectivity index (χ3v) is 3.15. The van der Waals surface area contributed by atoms with Crippen molar-refractivity contribution < 1.29 is 13.9 Å². The molecule has 0 N–H and O–H groups in total. The van der Waals surface area contributed by atoms with Crippen LogP contribution in [0.5, 0.6) is 0 Å². The quantitative estimate of drug-likeness (QED) is 0.729. The Morgan fingerprint density at radius 2 is 2.44 bits per heavy atom. The van der Waals surface area contributed by atoms with Gasteiger partial charge >= 0.3 is 5.97 Å². The summed E-state index contributed by atoms with van der Waals surface area (Å²) in [6, 6.07) is 3.84. The molecule has 2 unspecified atom stereocenters. The smallest absolute Gasteiger partial charge is 0.310 e. The zero-order chi connectivity index (χ0) is 11.5. The van der Waals surface area contributed by atoms with Gasteiger partial charge in [0.05, 0.1) is 25.8 Å². The highest BCUT2D eigenvalue weighted by atomic mass is 16.5. The number of nitrogens with zero attached hydrogens (tertiary/aromatic N) is 1. The van der Waals surface area contributed by atoms with Crippen molar-refractivity contribution in [2.75, 3.05) is 20.2 Å². The van der Waals surface area contributed by atoms with E-state index in [4.69, 9.17) is 9.15 Å². The maximum Gasteiger partial charge on any atom is 0.310 e. The van der Waals surface area contributed by atoms with Crippen LogP contribution in [0.2, 0.25) is 0 Å². The lowest BCUT2D eigenvalue weighted by atomic mass is 9.99. The molecule has 1 aromatic rings. The molecule has 1 saturated heterocycles. The summed E-state index contributed by atoms with van der Waals surface area (Å²) >= 11 is 0. The Kier molecular flexibility index (Phi) is 3.29. The van der Waals surface area contributed by atoms with Gasteiger partial charge in [0.25, 0.3) is 0 Å². The lowest BCUT2D eigenvalue weighted by Gasteiger charge is -2.13. The van der Waals surface area contributed by atoms with Crippen molar-refractivity contribution in [3.05, 3.63) is 24.2 Å². The van der Waals surface area contributed by atoms with E-state index in [1.165, 1.54) is 7.11 Å². The monoisotopic (exact) mass is 223 g/mol. The first kappa shape index (κ1) is 11.2. The number of likely N-dealkylation sites (tertiary alicyclic amines) is 1. The normalized spacial score (nSPS) is 25.9. The highest BCUT2D eigenvalue weighted by molar-refractivity contribution is 5.73. The Labute approximate surface area is 95.2 Å². The van der Waals surface area contributed by atoms with E-state index in [9.17, 15) is 4.79 Å². The molecule has 0 spiro atoms. The Bertz CT molecular complexity index is 347. The number of hydrogen-bond donors (Lipinski definition) is 0. The molecule has 2 heterocycles. The Morgan fingerprint density at radius 1 is 1.62 bits per heavy atom. The van der Waals surface area contributed by atoms with Crippen molar-refractivity contribution in [2.45, 2.75) is 13.5 Å². The molecular formula is C12H17NO3. The number of methoxy groups -OCH3 is 1. The fraction of sp³-hybridized carbons (Fsp3) is 0.583. The maximum absolute atomic E-state index is 11.5. The van der Waals surface area contributed by atoms with Crippen LogP contribution in [0.4, 0.5) is 0 Å². The van der Waals surface area contributed by atoms with Crippen LogP contribution in [-0.4, -0.2) is 31.1 Å². The highest BCUT2D eigenvalue weighted by Crippen LogP contribution is 2.25. The summed E-state index contributed by atoms with van der Waals surface area (Å²) in [5.74, 6) is 1.19. The summed E-state index contributed by atoms with van der Waals surface area (Å²) < 4.78 is 10.1. The molecule has 1 aliphatic rings. The molecule has 2 atom stereocenters. The molecule has 0 amide bonds. The van der Waals surface area contributed by atoms with Gasteiger partial charge in [0.1, 0.15) is 5.76 Å². The van der Waals surface area contributed by atoms with Gasteiger partial charge in [-0.05, 0) is 18.1 Å². The van der Waals surface area contributed by atoms with Gasteiger partial charge in [-0.25, -0.2) is 0 Å². The summed E-state index contributed by atoms with van der Waals surface area (Å²) in [5.41, 5.74) is 0. The van der Waals surface area contributed by atoms with Gasteiger partial charge in [-0.15, -0.1) is 0 Å². The molecule has 1 aliphatic heterocycles. The van der Waals surface area contributed by atoms with Gasteiger partial charge in [0.2, 0.25) is 0 Å². The number of carbonyl (C=O) groups is 1. The second kappa shape index (κ2) is 4.70. The number of esters is 1. The van der Waals surface area contributed by atoms with E-state index >= 15 is 0 Å². The van der Waals surface area contributed by atoms with E-state index in [2.05, 4.69) is 11.8 Å². The van der Waals surface area contributed by atoms with E-state index in [0.29, 0.717) is 5.92 Å². The predicted molar refractivity (Wildman–Crippen MR) is 58.7 cm³/mol. The molecule has 0 aliphatic carbocycles. The number of furan rings is 1. The average molecular weight is 223 g/mol. The van der Waals surface area contributed by atoms with Crippen molar-refractivity contribution in [3.8, 4) is 0 Å². The van der Waals surface area contributed by atoms with Gasteiger partial charge in [-0.3, -0.25) is 9.69 Å².